The molecule has 3 heteroatoms. The van der Waals surface area contributed by atoms with Crippen LogP contribution in [0.25, 0.3) is 0 Å². The second-order valence-electron chi connectivity index (χ2n) is 3.83. The van der Waals surface area contributed by atoms with Crippen LogP contribution in [-0.2, 0) is 4.84 Å². The summed E-state index contributed by atoms with van der Waals surface area (Å²) in [5.74, 6) is -0.0487. The van der Waals surface area contributed by atoms with Crippen LogP contribution >= 0.6 is 0 Å². The summed E-state index contributed by atoms with van der Waals surface area (Å²) in [6, 6.07) is 9.35. The fourth-order valence-electron chi connectivity index (χ4n) is 2.03. The summed E-state index contributed by atoms with van der Waals surface area (Å²) in [5.41, 5.74) is 0.679. The maximum atomic E-state index is 12.0. The van der Waals surface area contributed by atoms with Gasteiger partial charge in [-0.3, -0.25) is 9.63 Å². The van der Waals surface area contributed by atoms with Crippen molar-refractivity contribution >= 4 is 5.91 Å². The molecule has 15 heavy (non-hydrogen) atoms. The topological polar surface area (TPSA) is 29.5 Å². The van der Waals surface area contributed by atoms with Crippen LogP contribution in [-0.4, -0.2) is 23.1 Å². The average Bonchev–Trinajstić information content (AvgIpc) is 2.91. The lowest BCUT2D eigenvalue weighted by molar-refractivity contribution is -0.114. The highest BCUT2D eigenvalue weighted by Crippen LogP contribution is 2.30. The minimum Gasteiger partial charge on any atom is -0.267 e. The Hall–Kier alpha value is -1.61. The van der Waals surface area contributed by atoms with Crippen molar-refractivity contribution in [3.8, 4) is 0 Å². The standard InChI is InChI=1S/C12H11NO2/c14-12(9-4-2-1-3-5-9)13-10-6-7-11(8-10)15-13/h1-7,10-11H,8H2/t10-,11+/m0/s1. The van der Waals surface area contributed by atoms with Crippen LogP contribution in [0.15, 0.2) is 42.5 Å². The highest BCUT2D eigenvalue weighted by molar-refractivity contribution is 5.94. The van der Waals surface area contributed by atoms with Crippen molar-refractivity contribution in [3.05, 3.63) is 48.0 Å². The van der Waals surface area contributed by atoms with Gasteiger partial charge in [0, 0.05) is 12.0 Å². The molecule has 0 aromatic heterocycles. The van der Waals surface area contributed by atoms with Crippen molar-refractivity contribution in [3.63, 3.8) is 0 Å². The molecule has 0 N–H and O–H groups in total. The van der Waals surface area contributed by atoms with Crippen LogP contribution < -0.4 is 0 Å². The van der Waals surface area contributed by atoms with Gasteiger partial charge in [0.2, 0.25) is 0 Å². The molecule has 1 amide bonds. The minimum absolute atomic E-state index is 0.0487. The predicted molar refractivity (Wildman–Crippen MR) is 55.0 cm³/mol. The van der Waals surface area contributed by atoms with Crippen LogP contribution in [0.1, 0.15) is 16.8 Å². The van der Waals surface area contributed by atoms with Gasteiger partial charge in [0.15, 0.2) is 0 Å². The number of hydroxylamine groups is 2. The number of rotatable bonds is 1. The molecule has 0 spiro atoms. The summed E-state index contributed by atoms with van der Waals surface area (Å²) in [4.78, 5) is 17.5. The lowest BCUT2D eigenvalue weighted by atomic mass is 10.2. The second kappa shape index (κ2) is 3.21. The van der Waals surface area contributed by atoms with Crippen LogP contribution in [0, 0.1) is 0 Å². The summed E-state index contributed by atoms with van der Waals surface area (Å²) < 4.78 is 0. The van der Waals surface area contributed by atoms with Crippen molar-refractivity contribution in [1.29, 1.82) is 0 Å². The molecule has 1 aromatic rings. The molecule has 0 saturated carbocycles. The number of hydrogen-bond acceptors (Lipinski definition) is 2. The number of fused-ring (bicyclic) bond motifs is 2. The summed E-state index contributed by atoms with van der Waals surface area (Å²) in [7, 11) is 0. The van der Waals surface area contributed by atoms with E-state index < -0.39 is 0 Å². The number of carbonyl (C=O) groups excluding carboxylic acids is 1. The van der Waals surface area contributed by atoms with Crippen molar-refractivity contribution < 1.29 is 9.63 Å². The molecule has 1 fully saturated rings. The highest BCUT2D eigenvalue weighted by Gasteiger charge is 2.38. The molecular weight excluding hydrogens is 190 g/mol. The zero-order valence-electron chi connectivity index (χ0n) is 8.17. The van der Waals surface area contributed by atoms with Gasteiger partial charge in [-0.05, 0) is 12.1 Å². The maximum Gasteiger partial charge on any atom is 0.278 e. The van der Waals surface area contributed by atoms with Gasteiger partial charge in [0.1, 0.15) is 6.10 Å². The van der Waals surface area contributed by atoms with Gasteiger partial charge in [-0.15, -0.1) is 0 Å². The van der Waals surface area contributed by atoms with Gasteiger partial charge in [-0.25, -0.2) is 5.06 Å². The molecule has 1 saturated heterocycles. The van der Waals surface area contributed by atoms with E-state index >= 15 is 0 Å². The first-order valence-electron chi connectivity index (χ1n) is 5.08. The SMILES string of the molecule is O=C(c1ccccc1)N1O[C@@H]2C=C[C@H]1C2. The number of nitrogens with zero attached hydrogens (tertiary/aromatic N) is 1. The molecule has 0 radical (unpaired) electrons. The van der Waals surface area contributed by atoms with Crippen LogP contribution in [0.5, 0.6) is 0 Å². The molecule has 2 atom stereocenters. The first-order chi connectivity index (χ1) is 7.34. The number of amides is 1. The van der Waals surface area contributed by atoms with Gasteiger partial charge in [0.05, 0.1) is 6.04 Å². The highest BCUT2D eigenvalue weighted by atomic mass is 16.7. The van der Waals surface area contributed by atoms with Crippen molar-refractivity contribution in [1.82, 2.24) is 5.06 Å². The van der Waals surface area contributed by atoms with E-state index in [2.05, 4.69) is 0 Å². The largest absolute Gasteiger partial charge is 0.278 e. The fourth-order valence-corrected chi connectivity index (χ4v) is 2.03. The maximum absolute atomic E-state index is 12.0. The van der Waals surface area contributed by atoms with E-state index in [9.17, 15) is 4.79 Å². The number of benzene rings is 1. The molecular formula is C12H11NO2. The summed E-state index contributed by atoms with van der Waals surface area (Å²) in [5, 5.41) is 1.49. The van der Waals surface area contributed by atoms with E-state index in [-0.39, 0.29) is 18.1 Å². The zero-order chi connectivity index (χ0) is 10.3. The first kappa shape index (κ1) is 8.68. The third-order valence-electron chi connectivity index (χ3n) is 2.79. The normalized spacial score (nSPS) is 27.3. The Labute approximate surface area is 87.9 Å². The predicted octanol–water partition coefficient (Wildman–Crippen LogP) is 1.77. The molecule has 2 aliphatic rings. The van der Waals surface area contributed by atoms with Crippen molar-refractivity contribution in [2.24, 2.45) is 0 Å². The van der Waals surface area contributed by atoms with E-state index in [4.69, 9.17) is 4.84 Å². The summed E-state index contributed by atoms with van der Waals surface area (Å²) in [6.07, 6.45) is 5.05. The van der Waals surface area contributed by atoms with Crippen LogP contribution in [0.2, 0.25) is 0 Å². The van der Waals surface area contributed by atoms with E-state index in [1.54, 1.807) is 12.1 Å². The Morgan fingerprint density at radius 3 is 2.67 bits per heavy atom. The smallest absolute Gasteiger partial charge is 0.267 e. The minimum atomic E-state index is -0.0487. The van der Waals surface area contributed by atoms with Gasteiger partial charge in [-0.1, -0.05) is 30.4 Å². The summed E-state index contributed by atoms with van der Waals surface area (Å²) >= 11 is 0. The molecule has 3 rings (SSSR count). The van der Waals surface area contributed by atoms with Gasteiger partial charge in [0.25, 0.3) is 5.91 Å². The Kier molecular flexibility index (Phi) is 1.86. The van der Waals surface area contributed by atoms with E-state index in [0.717, 1.165) is 6.42 Å². The second-order valence-corrected chi connectivity index (χ2v) is 3.83. The monoisotopic (exact) mass is 201 g/mol. The van der Waals surface area contributed by atoms with E-state index in [1.807, 2.05) is 30.4 Å². The van der Waals surface area contributed by atoms with E-state index in [0.29, 0.717) is 5.56 Å². The van der Waals surface area contributed by atoms with E-state index in [1.165, 1.54) is 5.06 Å². The number of carbonyl (C=O) groups is 1. The molecule has 76 valence electrons. The zero-order valence-corrected chi connectivity index (χ0v) is 8.17. The van der Waals surface area contributed by atoms with Gasteiger partial charge < -0.3 is 0 Å². The third kappa shape index (κ3) is 1.36. The fraction of sp³-hybridized carbons (Fsp3) is 0.250. The third-order valence-corrected chi connectivity index (χ3v) is 2.79. The Morgan fingerprint density at radius 1 is 1.27 bits per heavy atom. The van der Waals surface area contributed by atoms with Crippen molar-refractivity contribution in [2.75, 3.05) is 0 Å². The van der Waals surface area contributed by atoms with Gasteiger partial charge >= 0.3 is 0 Å². The first-order valence-corrected chi connectivity index (χ1v) is 5.08. The summed E-state index contributed by atoms with van der Waals surface area (Å²) in [6.45, 7) is 0. The molecule has 1 aromatic carbocycles. The quantitative estimate of drug-likeness (QED) is 0.648. The molecule has 3 nitrogen and oxygen atoms in total. The molecule has 1 aliphatic carbocycles. The Balaban J connectivity index is 1.85. The lowest BCUT2D eigenvalue weighted by Gasteiger charge is -2.22. The van der Waals surface area contributed by atoms with Crippen molar-refractivity contribution in [2.45, 2.75) is 18.6 Å². The molecule has 0 unspecified atom stereocenters. The lowest BCUT2D eigenvalue weighted by Crippen LogP contribution is -2.34. The molecule has 1 heterocycles. The molecule has 1 aliphatic heterocycles. The average molecular weight is 201 g/mol. The van der Waals surface area contributed by atoms with Crippen LogP contribution in [0.4, 0.5) is 0 Å². The number of hydrogen-bond donors (Lipinski definition) is 0. The van der Waals surface area contributed by atoms with Crippen LogP contribution in [0.3, 0.4) is 0 Å². The van der Waals surface area contributed by atoms with Gasteiger partial charge in [-0.2, -0.15) is 0 Å². The molecule has 2 bridgehead atoms. The Bertz CT molecular complexity index is 413. The Morgan fingerprint density at radius 2 is 2.07 bits per heavy atom.